The summed E-state index contributed by atoms with van der Waals surface area (Å²) in [5.74, 6) is -0.679. The normalized spacial score (nSPS) is 27.1. The van der Waals surface area contributed by atoms with Gasteiger partial charge in [0.2, 0.25) is 0 Å². The van der Waals surface area contributed by atoms with Crippen LogP contribution < -0.4 is 0 Å². The average molecular weight is 433 g/mol. The molecule has 0 N–H and O–H groups in total. The van der Waals surface area contributed by atoms with Crippen molar-refractivity contribution in [3.63, 3.8) is 0 Å². The van der Waals surface area contributed by atoms with Crippen LogP contribution in [-0.4, -0.2) is 6.61 Å². The molecule has 1 aromatic carbocycles. The van der Waals surface area contributed by atoms with Crippen molar-refractivity contribution in [3.05, 3.63) is 71.3 Å². The fourth-order valence-corrected chi connectivity index (χ4v) is 5.01. The van der Waals surface area contributed by atoms with Crippen LogP contribution in [0.5, 0.6) is 0 Å². The summed E-state index contributed by atoms with van der Waals surface area (Å²) < 4.78 is 49.2. The van der Waals surface area contributed by atoms with E-state index in [1.807, 2.05) is 12.1 Å². The van der Waals surface area contributed by atoms with Crippen LogP contribution in [0.2, 0.25) is 0 Å². The molecule has 4 heteroatoms. The average Bonchev–Trinajstić information content (AvgIpc) is 2.74. The molecule has 0 radical (unpaired) electrons. The molecule has 3 rings (SSSR count). The van der Waals surface area contributed by atoms with E-state index in [-0.39, 0.29) is 23.5 Å². The Hall–Kier alpha value is -1.97. The molecule has 0 aromatic heterocycles. The van der Waals surface area contributed by atoms with Crippen molar-refractivity contribution in [2.24, 2.45) is 11.8 Å². The van der Waals surface area contributed by atoms with Gasteiger partial charge >= 0.3 is 0 Å². The molecule has 1 nitrogen and oxygen atoms in total. The highest BCUT2D eigenvalue weighted by molar-refractivity contribution is 5.32. The Labute approximate surface area is 185 Å². The highest BCUT2D eigenvalue weighted by Crippen LogP contribution is 2.41. The maximum absolute atomic E-state index is 15.0. The quantitative estimate of drug-likeness (QED) is 0.310. The van der Waals surface area contributed by atoms with Gasteiger partial charge in [-0.05, 0) is 86.3 Å². The highest BCUT2D eigenvalue weighted by atomic mass is 19.2. The number of hydrogen-bond acceptors (Lipinski definition) is 1. The van der Waals surface area contributed by atoms with Gasteiger partial charge in [0, 0.05) is 0 Å². The Balaban J connectivity index is 1.55. The third-order valence-corrected chi connectivity index (χ3v) is 7.02. The lowest BCUT2D eigenvalue weighted by Gasteiger charge is -2.30. The topological polar surface area (TPSA) is 9.23 Å². The summed E-state index contributed by atoms with van der Waals surface area (Å²) in [6.07, 6.45) is 8.58. The standard InChI is InChI=1S/C27H35F3O/c1-17(2)15-25(28)19(4)31-16-20-7-11-22(12-8-20)24-14-13-23(26(29)27(24)30)21-9-5-18(3)6-10-21/h13-15,18,20-22H,1,4-12,16H2,2-3H3/b25-15+. The van der Waals surface area contributed by atoms with Crippen molar-refractivity contribution in [2.75, 3.05) is 6.61 Å². The molecule has 0 atom stereocenters. The molecule has 0 amide bonds. The number of halogens is 3. The third kappa shape index (κ3) is 6.05. The van der Waals surface area contributed by atoms with Crippen LogP contribution in [0.1, 0.15) is 88.2 Å². The van der Waals surface area contributed by atoms with Gasteiger partial charge in [0.05, 0.1) is 6.61 Å². The lowest BCUT2D eigenvalue weighted by molar-refractivity contribution is 0.137. The number of rotatable bonds is 7. The number of ether oxygens (including phenoxy) is 1. The van der Waals surface area contributed by atoms with E-state index in [1.165, 1.54) is 6.08 Å². The van der Waals surface area contributed by atoms with Gasteiger partial charge in [0.15, 0.2) is 17.5 Å². The Bertz CT molecular complexity index is 825. The molecular weight excluding hydrogens is 397 g/mol. The molecule has 2 aliphatic carbocycles. The zero-order chi connectivity index (χ0) is 22.5. The first-order valence-electron chi connectivity index (χ1n) is 11.6. The van der Waals surface area contributed by atoms with E-state index in [0.717, 1.165) is 51.4 Å². The van der Waals surface area contributed by atoms with Crippen LogP contribution in [0.25, 0.3) is 0 Å². The van der Waals surface area contributed by atoms with Gasteiger partial charge in [-0.1, -0.05) is 50.6 Å². The predicted octanol–water partition coefficient (Wildman–Crippen LogP) is 8.49. The molecule has 0 aliphatic heterocycles. The van der Waals surface area contributed by atoms with Crippen molar-refractivity contribution in [1.82, 2.24) is 0 Å². The smallest absolute Gasteiger partial charge is 0.164 e. The van der Waals surface area contributed by atoms with Crippen LogP contribution >= 0.6 is 0 Å². The van der Waals surface area contributed by atoms with Crippen molar-refractivity contribution in [3.8, 4) is 0 Å². The maximum Gasteiger partial charge on any atom is 0.164 e. The number of allylic oxidation sites excluding steroid dienone is 3. The van der Waals surface area contributed by atoms with E-state index in [0.29, 0.717) is 29.2 Å². The summed E-state index contributed by atoms with van der Waals surface area (Å²) in [7, 11) is 0. The van der Waals surface area contributed by atoms with Gasteiger partial charge in [0.25, 0.3) is 0 Å². The Kier molecular flexibility index (Phi) is 8.07. The summed E-state index contributed by atoms with van der Waals surface area (Å²) in [5, 5.41) is 0. The molecule has 2 fully saturated rings. The minimum atomic E-state index is -0.656. The fourth-order valence-electron chi connectivity index (χ4n) is 5.01. The van der Waals surface area contributed by atoms with Gasteiger partial charge in [0.1, 0.15) is 5.76 Å². The molecule has 0 heterocycles. The van der Waals surface area contributed by atoms with Gasteiger partial charge < -0.3 is 4.74 Å². The number of benzene rings is 1. The first-order valence-corrected chi connectivity index (χ1v) is 11.6. The zero-order valence-corrected chi connectivity index (χ0v) is 18.9. The van der Waals surface area contributed by atoms with Crippen molar-refractivity contribution < 1.29 is 17.9 Å². The third-order valence-electron chi connectivity index (χ3n) is 7.02. The van der Waals surface area contributed by atoms with E-state index >= 15 is 0 Å². The van der Waals surface area contributed by atoms with Gasteiger partial charge in [-0.15, -0.1) is 0 Å². The molecule has 31 heavy (non-hydrogen) atoms. The lowest BCUT2D eigenvalue weighted by Crippen LogP contribution is -2.19. The van der Waals surface area contributed by atoms with Crippen molar-refractivity contribution in [1.29, 1.82) is 0 Å². The monoisotopic (exact) mass is 432 g/mol. The van der Waals surface area contributed by atoms with Gasteiger partial charge in [-0.25, -0.2) is 13.2 Å². The second kappa shape index (κ2) is 10.6. The Morgan fingerprint density at radius 1 is 0.935 bits per heavy atom. The first kappa shape index (κ1) is 23.7. The van der Waals surface area contributed by atoms with Crippen LogP contribution in [-0.2, 0) is 4.74 Å². The summed E-state index contributed by atoms with van der Waals surface area (Å²) in [6, 6.07) is 3.64. The highest BCUT2D eigenvalue weighted by Gasteiger charge is 2.29. The lowest BCUT2D eigenvalue weighted by atomic mass is 9.76. The molecule has 170 valence electrons. The second-order valence-corrected chi connectivity index (χ2v) is 9.62. The summed E-state index contributed by atoms with van der Waals surface area (Å²) >= 11 is 0. The molecule has 0 spiro atoms. The molecule has 1 aromatic rings. The van der Waals surface area contributed by atoms with Crippen molar-refractivity contribution >= 4 is 0 Å². The molecule has 2 aliphatic rings. The molecule has 2 saturated carbocycles. The minimum Gasteiger partial charge on any atom is -0.491 e. The molecule has 0 unspecified atom stereocenters. The molecule has 0 bridgehead atoms. The Morgan fingerprint density at radius 2 is 1.42 bits per heavy atom. The molecule has 0 saturated heterocycles. The SMILES string of the molecule is C=C(C)/C=C(/F)C(=C)OCC1CCC(c2ccc(C3CCC(C)CC3)c(F)c2F)CC1. The zero-order valence-electron chi connectivity index (χ0n) is 18.9. The molecular formula is C27H35F3O. The van der Waals surface area contributed by atoms with Gasteiger partial charge in [-0.3, -0.25) is 0 Å². The summed E-state index contributed by atoms with van der Waals surface area (Å²) in [5.41, 5.74) is 1.66. The van der Waals surface area contributed by atoms with E-state index in [9.17, 15) is 13.2 Å². The number of hydrogen-bond donors (Lipinski definition) is 0. The summed E-state index contributed by atoms with van der Waals surface area (Å²) in [6.45, 7) is 11.6. The summed E-state index contributed by atoms with van der Waals surface area (Å²) in [4.78, 5) is 0. The van der Waals surface area contributed by atoms with E-state index in [1.54, 1.807) is 6.92 Å². The Morgan fingerprint density at radius 3 is 1.90 bits per heavy atom. The van der Waals surface area contributed by atoms with E-state index < -0.39 is 17.5 Å². The van der Waals surface area contributed by atoms with Crippen LogP contribution in [0.4, 0.5) is 13.2 Å². The minimum absolute atomic E-state index is 0.0194. The van der Waals surface area contributed by atoms with E-state index in [4.69, 9.17) is 4.74 Å². The second-order valence-electron chi connectivity index (χ2n) is 9.62. The van der Waals surface area contributed by atoms with E-state index in [2.05, 4.69) is 20.1 Å². The maximum atomic E-state index is 15.0. The van der Waals surface area contributed by atoms with Crippen molar-refractivity contribution in [2.45, 2.75) is 77.0 Å². The van der Waals surface area contributed by atoms with Gasteiger partial charge in [-0.2, -0.15) is 0 Å². The van der Waals surface area contributed by atoms with Crippen LogP contribution in [0.3, 0.4) is 0 Å². The fraction of sp³-hybridized carbons (Fsp3) is 0.556. The first-order chi connectivity index (χ1) is 14.8. The largest absolute Gasteiger partial charge is 0.491 e. The van der Waals surface area contributed by atoms with Crippen LogP contribution in [0.15, 0.2) is 48.5 Å². The predicted molar refractivity (Wildman–Crippen MR) is 121 cm³/mol. The van der Waals surface area contributed by atoms with Crippen LogP contribution in [0, 0.1) is 23.5 Å².